The quantitative estimate of drug-likeness (QED) is 0.782. The lowest BCUT2D eigenvalue weighted by Crippen LogP contribution is -2.30. The minimum absolute atomic E-state index is 0.501. The number of aromatic nitrogens is 1. The van der Waals surface area contributed by atoms with Gasteiger partial charge in [0.05, 0.1) is 0 Å². The number of pyridine rings is 1. The molecule has 0 saturated heterocycles. The number of nitrogens with zero attached hydrogens (tertiary/aromatic N) is 1. The Kier molecular flexibility index (Phi) is 6.37. The molecule has 0 aliphatic heterocycles. The zero-order valence-corrected chi connectivity index (χ0v) is 11.8. The lowest BCUT2D eigenvalue weighted by molar-refractivity contribution is 0.615. The Hall–Kier alpha value is -0.740. The Morgan fingerprint density at radius 1 is 1.41 bits per heavy atom. The maximum absolute atomic E-state index is 5.68. The van der Waals surface area contributed by atoms with E-state index in [1.807, 2.05) is 30.9 Å². The zero-order chi connectivity index (χ0) is 12.7. The van der Waals surface area contributed by atoms with Gasteiger partial charge in [-0.25, -0.2) is 4.98 Å². The van der Waals surface area contributed by atoms with Crippen molar-refractivity contribution < 1.29 is 0 Å². The van der Waals surface area contributed by atoms with Crippen molar-refractivity contribution in [3.8, 4) is 0 Å². The van der Waals surface area contributed by atoms with Crippen molar-refractivity contribution in [1.82, 2.24) is 10.3 Å². The Morgan fingerprint density at radius 3 is 2.76 bits per heavy atom. The van der Waals surface area contributed by atoms with Crippen molar-refractivity contribution in [1.29, 1.82) is 0 Å². The number of rotatable bonds is 7. The molecule has 1 atom stereocenters. The van der Waals surface area contributed by atoms with Gasteiger partial charge in [-0.2, -0.15) is 11.8 Å². The lowest BCUT2D eigenvalue weighted by Gasteiger charge is -2.16. The number of anilines is 1. The van der Waals surface area contributed by atoms with Crippen LogP contribution in [0.5, 0.6) is 0 Å². The van der Waals surface area contributed by atoms with Crippen molar-refractivity contribution in [2.45, 2.75) is 26.3 Å². The Balaban J connectivity index is 2.41. The first-order chi connectivity index (χ1) is 8.11. The summed E-state index contributed by atoms with van der Waals surface area (Å²) in [6, 6.07) is 4.49. The molecule has 1 aromatic heterocycles. The maximum Gasteiger partial charge on any atom is 0.123 e. The van der Waals surface area contributed by atoms with E-state index in [1.165, 1.54) is 11.3 Å². The standard InChI is InChI=1S/C13H23N3S/c1-10(2)8-17-9-12(15-3)6-11-4-5-16-13(14)7-11/h4-5,7,10,12,15H,6,8-9H2,1-3H3,(H2,14,16). The Bertz CT molecular complexity index is 328. The molecule has 4 heteroatoms. The van der Waals surface area contributed by atoms with Crippen LogP contribution in [-0.2, 0) is 6.42 Å². The van der Waals surface area contributed by atoms with Crippen LogP contribution in [0.15, 0.2) is 18.3 Å². The summed E-state index contributed by atoms with van der Waals surface area (Å²) in [4.78, 5) is 4.01. The first-order valence-electron chi connectivity index (χ1n) is 6.07. The molecular weight excluding hydrogens is 230 g/mol. The van der Waals surface area contributed by atoms with Gasteiger partial charge in [0.2, 0.25) is 0 Å². The van der Waals surface area contributed by atoms with Crippen molar-refractivity contribution in [2.75, 3.05) is 24.3 Å². The summed E-state index contributed by atoms with van der Waals surface area (Å²) < 4.78 is 0. The molecule has 3 N–H and O–H groups in total. The average molecular weight is 253 g/mol. The highest BCUT2D eigenvalue weighted by atomic mass is 32.2. The summed E-state index contributed by atoms with van der Waals surface area (Å²) in [7, 11) is 2.02. The summed E-state index contributed by atoms with van der Waals surface area (Å²) in [5.74, 6) is 3.72. The van der Waals surface area contributed by atoms with E-state index in [9.17, 15) is 0 Å². The fourth-order valence-corrected chi connectivity index (χ4v) is 2.77. The summed E-state index contributed by atoms with van der Waals surface area (Å²) in [6.07, 6.45) is 2.78. The van der Waals surface area contributed by atoms with E-state index in [2.05, 4.69) is 24.1 Å². The smallest absolute Gasteiger partial charge is 0.123 e. The molecule has 1 rings (SSSR count). The van der Waals surface area contributed by atoms with Gasteiger partial charge in [0.25, 0.3) is 0 Å². The monoisotopic (exact) mass is 253 g/mol. The maximum atomic E-state index is 5.68. The molecule has 96 valence electrons. The van der Waals surface area contributed by atoms with Gasteiger partial charge in [0, 0.05) is 18.0 Å². The summed E-state index contributed by atoms with van der Waals surface area (Å²) >= 11 is 2.01. The van der Waals surface area contributed by atoms with Crippen molar-refractivity contribution >= 4 is 17.6 Å². The minimum Gasteiger partial charge on any atom is -0.384 e. The molecule has 1 aromatic rings. The Labute approximate surface area is 109 Å². The van der Waals surface area contributed by atoms with E-state index >= 15 is 0 Å². The highest BCUT2D eigenvalue weighted by Crippen LogP contribution is 2.12. The molecule has 0 fully saturated rings. The first kappa shape index (κ1) is 14.3. The number of hydrogen-bond acceptors (Lipinski definition) is 4. The van der Waals surface area contributed by atoms with Gasteiger partial charge in [-0.15, -0.1) is 0 Å². The number of thioether (sulfide) groups is 1. The second-order valence-electron chi connectivity index (χ2n) is 4.71. The second-order valence-corrected chi connectivity index (χ2v) is 5.78. The van der Waals surface area contributed by atoms with Crippen LogP contribution < -0.4 is 11.1 Å². The van der Waals surface area contributed by atoms with Gasteiger partial charge >= 0.3 is 0 Å². The first-order valence-corrected chi connectivity index (χ1v) is 7.22. The van der Waals surface area contributed by atoms with Crippen molar-refractivity contribution in [2.24, 2.45) is 5.92 Å². The van der Waals surface area contributed by atoms with Crippen LogP contribution in [0, 0.1) is 5.92 Å². The zero-order valence-electron chi connectivity index (χ0n) is 10.9. The van der Waals surface area contributed by atoms with E-state index in [0.717, 1.165) is 18.1 Å². The van der Waals surface area contributed by atoms with Gasteiger partial charge in [0.15, 0.2) is 0 Å². The van der Waals surface area contributed by atoms with E-state index in [4.69, 9.17) is 5.73 Å². The van der Waals surface area contributed by atoms with Crippen LogP contribution >= 0.6 is 11.8 Å². The number of nitrogens with two attached hydrogens (primary N) is 1. The fraction of sp³-hybridized carbons (Fsp3) is 0.615. The molecule has 0 radical (unpaired) electrons. The third-order valence-electron chi connectivity index (χ3n) is 2.51. The fourth-order valence-electron chi connectivity index (χ4n) is 1.60. The van der Waals surface area contributed by atoms with Gasteiger partial charge < -0.3 is 11.1 Å². The molecule has 0 aliphatic carbocycles. The van der Waals surface area contributed by atoms with Crippen LogP contribution in [0.4, 0.5) is 5.82 Å². The molecule has 1 unspecified atom stereocenters. The lowest BCUT2D eigenvalue weighted by atomic mass is 10.1. The number of likely N-dealkylation sites (N-methyl/N-ethyl adjacent to an activating group) is 1. The van der Waals surface area contributed by atoms with Crippen LogP contribution in [0.1, 0.15) is 19.4 Å². The summed E-state index contributed by atoms with van der Waals surface area (Å²) in [5, 5.41) is 3.36. The predicted molar refractivity (Wildman–Crippen MR) is 77.4 cm³/mol. The molecule has 0 aliphatic rings. The van der Waals surface area contributed by atoms with Crippen molar-refractivity contribution in [3.05, 3.63) is 23.9 Å². The van der Waals surface area contributed by atoms with Crippen LogP contribution in [0.3, 0.4) is 0 Å². The SMILES string of the molecule is CNC(CSCC(C)C)Cc1ccnc(N)c1. The van der Waals surface area contributed by atoms with E-state index < -0.39 is 0 Å². The largest absolute Gasteiger partial charge is 0.384 e. The van der Waals surface area contributed by atoms with E-state index in [1.54, 1.807) is 6.20 Å². The van der Waals surface area contributed by atoms with E-state index in [0.29, 0.717) is 11.9 Å². The molecule has 17 heavy (non-hydrogen) atoms. The molecule has 0 amide bonds. The second kappa shape index (κ2) is 7.56. The third-order valence-corrected chi connectivity index (χ3v) is 4.05. The Morgan fingerprint density at radius 2 is 2.18 bits per heavy atom. The summed E-state index contributed by atoms with van der Waals surface area (Å²) in [6.45, 7) is 4.51. The molecular formula is C13H23N3S. The summed E-state index contributed by atoms with van der Waals surface area (Å²) in [5.41, 5.74) is 6.93. The van der Waals surface area contributed by atoms with Gasteiger partial charge in [-0.3, -0.25) is 0 Å². The predicted octanol–water partition coefficient (Wildman–Crippen LogP) is 2.18. The van der Waals surface area contributed by atoms with E-state index in [-0.39, 0.29) is 0 Å². The van der Waals surface area contributed by atoms with Crippen LogP contribution in [-0.4, -0.2) is 29.6 Å². The van der Waals surface area contributed by atoms with Crippen molar-refractivity contribution in [3.63, 3.8) is 0 Å². The minimum atomic E-state index is 0.501. The highest BCUT2D eigenvalue weighted by molar-refractivity contribution is 7.99. The number of nitrogens with one attached hydrogen (secondary N) is 1. The molecule has 0 saturated carbocycles. The molecule has 0 spiro atoms. The molecule has 0 aromatic carbocycles. The normalized spacial score (nSPS) is 12.9. The third kappa shape index (κ3) is 5.94. The van der Waals surface area contributed by atoms with Crippen LogP contribution in [0.25, 0.3) is 0 Å². The average Bonchev–Trinajstić information content (AvgIpc) is 2.27. The molecule has 1 heterocycles. The van der Waals surface area contributed by atoms with Gasteiger partial charge in [-0.1, -0.05) is 13.8 Å². The topological polar surface area (TPSA) is 50.9 Å². The van der Waals surface area contributed by atoms with Gasteiger partial charge in [-0.05, 0) is 42.8 Å². The van der Waals surface area contributed by atoms with Crippen LogP contribution in [0.2, 0.25) is 0 Å². The number of hydrogen-bond donors (Lipinski definition) is 2. The van der Waals surface area contributed by atoms with Gasteiger partial charge in [0.1, 0.15) is 5.82 Å². The highest BCUT2D eigenvalue weighted by Gasteiger charge is 2.08. The number of nitrogen functional groups attached to an aromatic ring is 1. The molecule has 0 bridgehead atoms. The molecule has 3 nitrogen and oxygen atoms in total.